The van der Waals surface area contributed by atoms with E-state index in [0.717, 1.165) is 12.0 Å². The third-order valence-corrected chi connectivity index (χ3v) is 1.88. The van der Waals surface area contributed by atoms with E-state index in [4.69, 9.17) is 0 Å². The molecule has 0 aliphatic heterocycles. The summed E-state index contributed by atoms with van der Waals surface area (Å²) in [6, 6.07) is 10.3. The van der Waals surface area contributed by atoms with Crippen LogP contribution in [0.15, 0.2) is 60.7 Å². The van der Waals surface area contributed by atoms with Crippen molar-refractivity contribution in [3.63, 3.8) is 0 Å². The molecule has 2 rings (SSSR count). The molecular weight excluding hydrogens is 224 g/mol. The van der Waals surface area contributed by atoms with E-state index in [1.54, 1.807) is 0 Å². The van der Waals surface area contributed by atoms with Crippen LogP contribution in [-0.2, 0) is 17.1 Å². The molecule has 0 nitrogen and oxygen atoms in total. The average Bonchev–Trinajstić information content (AvgIpc) is 2.72. The second-order valence-corrected chi connectivity index (χ2v) is 3.10. The molecule has 0 saturated carbocycles. The molecule has 0 amide bonds. The topological polar surface area (TPSA) is 0 Å². The molecule has 0 unspecified atom stereocenters. The number of aryl methyl sites for hydroxylation is 1. The van der Waals surface area contributed by atoms with Gasteiger partial charge in [0.25, 0.3) is 0 Å². The summed E-state index contributed by atoms with van der Waals surface area (Å²) in [5.41, 5.74) is 2.45. The molecule has 1 heteroatoms. The van der Waals surface area contributed by atoms with E-state index in [1.165, 1.54) is 5.56 Å². The second kappa shape index (κ2) is 8.28. The van der Waals surface area contributed by atoms with Gasteiger partial charge in [0.2, 0.25) is 0 Å². The molecule has 0 N–H and O–H groups in total. The molecule has 0 spiro atoms. The largest absolute Gasteiger partial charge is 0.198 e. The van der Waals surface area contributed by atoms with Crippen molar-refractivity contribution in [3.8, 4) is 0 Å². The van der Waals surface area contributed by atoms with E-state index >= 15 is 0 Å². The van der Waals surface area contributed by atoms with E-state index in [-0.39, 0.29) is 17.1 Å². The number of hydrogen-bond donors (Lipinski definition) is 0. The Morgan fingerprint density at radius 2 is 1.93 bits per heavy atom. The number of allylic oxidation sites excluding steroid dienone is 5. The van der Waals surface area contributed by atoms with Crippen LogP contribution in [0.3, 0.4) is 0 Å². The maximum absolute atomic E-state index is 3.59. The molecule has 1 aromatic carbocycles. The molecule has 0 atom stereocenters. The SMILES string of the molecule is C=CC1=[C-]CC=C1.Cc1ccccc1.[Fe]. The predicted molar refractivity (Wildman–Crippen MR) is 61.9 cm³/mol. The van der Waals surface area contributed by atoms with Gasteiger partial charge in [-0.05, 0) is 6.92 Å². The van der Waals surface area contributed by atoms with E-state index < -0.39 is 0 Å². The van der Waals surface area contributed by atoms with Crippen LogP contribution in [0.2, 0.25) is 0 Å². The Hall–Kier alpha value is -1.04. The molecule has 0 bridgehead atoms. The molecule has 0 fully saturated rings. The van der Waals surface area contributed by atoms with Crippen molar-refractivity contribution >= 4 is 0 Å². The van der Waals surface area contributed by atoms with Gasteiger partial charge in [0.15, 0.2) is 0 Å². The van der Waals surface area contributed by atoms with Crippen LogP contribution in [-0.4, -0.2) is 0 Å². The molecule has 0 heterocycles. The standard InChI is InChI=1S/C7H8.C7H7.Fe/c1-7-5-3-2-4-6-7;1-2-7-5-3-4-6-7;/h2-6H,1H3;2-3,5H,1,4H2;/q;-1;. The van der Waals surface area contributed by atoms with Crippen molar-refractivity contribution in [1.82, 2.24) is 0 Å². The van der Waals surface area contributed by atoms with Crippen molar-refractivity contribution in [1.29, 1.82) is 0 Å². The van der Waals surface area contributed by atoms with Gasteiger partial charge in [-0.15, -0.1) is 6.08 Å². The maximum Gasteiger partial charge on any atom is 0 e. The van der Waals surface area contributed by atoms with E-state index in [1.807, 2.05) is 30.4 Å². The molecule has 80 valence electrons. The third-order valence-electron chi connectivity index (χ3n) is 1.88. The first kappa shape index (κ1) is 14.0. The van der Waals surface area contributed by atoms with Crippen LogP contribution in [0.5, 0.6) is 0 Å². The van der Waals surface area contributed by atoms with Crippen LogP contribution < -0.4 is 0 Å². The van der Waals surface area contributed by atoms with Gasteiger partial charge in [-0.2, -0.15) is 30.4 Å². The van der Waals surface area contributed by atoms with Gasteiger partial charge in [0.05, 0.1) is 0 Å². The quantitative estimate of drug-likeness (QED) is 0.515. The van der Waals surface area contributed by atoms with Crippen LogP contribution >= 0.6 is 0 Å². The van der Waals surface area contributed by atoms with Gasteiger partial charge in [0.1, 0.15) is 0 Å². The van der Waals surface area contributed by atoms with Crippen molar-refractivity contribution in [2.75, 3.05) is 0 Å². The molecular formula is C14H15Fe-. The molecule has 0 saturated heterocycles. The van der Waals surface area contributed by atoms with Gasteiger partial charge in [-0.1, -0.05) is 42.3 Å². The molecule has 1 aromatic rings. The predicted octanol–water partition coefficient (Wildman–Crippen LogP) is 3.85. The summed E-state index contributed by atoms with van der Waals surface area (Å²) in [6.07, 6.45) is 9.95. The Kier molecular flexibility index (Phi) is 7.71. The Bertz CT molecular complexity index is 334. The molecule has 1 aliphatic rings. The summed E-state index contributed by atoms with van der Waals surface area (Å²) in [5, 5.41) is 0. The van der Waals surface area contributed by atoms with E-state index in [2.05, 4.69) is 37.8 Å². The van der Waals surface area contributed by atoms with Crippen LogP contribution in [0.1, 0.15) is 12.0 Å². The number of benzene rings is 1. The zero-order valence-electron chi connectivity index (χ0n) is 8.89. The van der Waals surface area contributed by atoms with Crippen LogP contribution in [0.25, 0.3) is 0 Å². The smallest absolute Gasteiger partial charge is 0 e. The van der Waals surface area contributed by atoms with E-state index in [0.29, 0.717) is 0 Å². The summed E-state index contributed by atoms with van der Waals surface area (Å²) in [5.74, 6) is 0. The number of hydrogen-bond acceptors (Lipinski definition) is 0. The van der Waals surface area contributed by atoms with Crippen molar-refractivity contribution in [2.45, 2.75) is 13.3 Å². The van der Waals surface area contributed by atoms with Crippen LogP contribution in [0.4, 0.5) is 0 Å². The maximum atomic E-state index is 3.59. The Balaban J connectivity index is 0.000000245. The minimum absolute atomic E-state index is 0. The van der Waals surface area contributed by atoms with Crippen molar-refractivity contribution in [3.05, 3.63) is 72.4 Å². The zero-order chi connectivity index (χ0) is 10.2. The summed E-state index contributed by atoms with van der Waals surface area (Å²) >= 11 is 0. The fourth-order valence-corrected chi connectivity index (χ4v) is 1.10. The fraction of sp³-hybridized carbons (Fsp3) is 0.143. The monoisotopic (exact) mass is 239 g/mol. The first-order chi connectivity index (χ1) is 6.83. The van der Waals surface area contributed by atoms with E-state index in [9.17, 15) is 0 Å². The van der Waals surface area contributed by atoms with Gasteiger partial charge in [-0.3, -0.25) is 0 Å². The fourth-order valence-electron chi connectivity index (χ4n) is 1.10. The molecule has 0 aromatic heterocycles. The summed E-state index contributed by atoms with van der Waals surface area (Å²) in [7, 11) is 0. The van der Waals surface area contributed by atoms with Gasteiger partial charge in [0, 0.05) is 17.1 Å². The van der Waals surface area contributed by atoms with Crippen molar-refractivity contribution in [2.24, 2.45) is 0 Å². The van der Waals surface area contributed by atoms with Crippen molar-refractivity contribution < 1.29 is 17.1 Å². The first-order valence-corrected chi connectivity index (χ1v) is 4.74. The number of rotatable bonds is 1. The van der Waals surface area contributed by atoms with Gasteiger partial charge < -0.3 is 0 Å². The third kappa shape index (κ3) is 6.11. The summed E-state index contributed by atoms with van der Waals surface area (Å²) in [6.45, 7) is 5.68. The normalized spacial score (nSPS) is 11.9. The van der Waals surface area contributed by atoms with Crippen LogP contribution in [0, 0.1) is 13.0 Å². The van der Waals surface area contributed by atoms with Gasteiger partial charge >= 0.3 is 0 Å². The van der Waals surface area contributed by atoms with Gasteiger partial charge in [-0.25, -0.2) is 0 Å². The summed E-state index contributed by atoms with van der Waals surface area (Å²) in [4.78, 5) is 0. The Labute approximate surface area is 103 Å². The Morgan fingerprint density at radius 3 is 2.20 bits per heavy atom. The first-order valence-electron chi connectivity index (χ1n) is 4.74. The molecule has 1 aliphatic carbocycles. The average molecular weight is 239 g/mol. The second-order valence-electron chi connectivity index (χ2n) is 3.10. The summed E-state index contributed by atoms with van der Waals surface area (Å²) < 4.78 is 0. The zero-order valence-corrected chi connectivity index (χ0v) is 9.99. The minimum Gasteiger partial charge on any atom is -0.198 e. The Morgan fingerprint density at radius 1 is 1.27 bits per heavy atom. The molecule has 0 radical (unpaired) electrons. The minimum atomic E-state index is 0. The molecule has 15 heavy (non-hydrogen) atoms.